The number of methoxy groups -OCH3 is 2. The van der Waals surface area contributed by atoms with E-state index in [1.54, 1.807) is 19.2 Å². The van der Waals surface area contributed by atoms with Crippen LogP contribution in [0.5, 0.6) is 5.75 Å². The molecule has 35 heavy (non-hydrogen) atoms. The number of rotatable bonds is 8. The molecule has 1 unspecified atom stereocenters. The average Bonchev–Trinajstić information content (AvgIpc) is 2.86. The van der Waals surface area contributed by atoms with Gasteiger partial charge in [0, 0.05) is 45.9 Å². The fourth-order valence-electron chi connectivity index (χ4n) is 4.71. The maximum absolute atomic E-state index is 13.0. The number of carbonyl (C=O) groups is 1. The third kappa shape index (κ3) is 7.35. The van der Waals surface area contributed by atoms with E-state index in [0.29, 0.717) is 33.1 Å². The Morgan fingerprint density at radius 2 is 1.97 bits per heavy atom. The van der Waals surface area contributed by atoms with Crippen LogP contribution in [0.2, 0.25) is 5.02 Å². The van der Waals surface area contributed by atoms with E-state index in [4.69, 9.17) is 43.8 Å². The van der Waals surface area contributed by atoms with Crippen LogP contribution in [0.1, 0.15) is 49.9 Å². The van der Waals surface area contributed by atoms with Gasteiger partial charge >= 0.3 is 0 Å². The summed E-state index contributed by atoms with van der Waals surface area (Å²) in [5, 5.41) is 4.07. The molecule has 3 atom stereocenters. The third-order valence-electron chi connectivity index (χ3n) is 7.09. The Morgan fingerprint density at radius 1 is 1.26 bits per heavy atom. The number of hydrogen-bond donors (Lipinski definition) is 2. The Bertz CT molecular complexity index is 881. The zero-order valence-electron chi connectivity index (χ0n) is 21.2. The van der Waals surface area contributed by atoms with Crippen LogP contribution in [0, 0.1) is 5.92 Å². The van der Waals surface area contributed by atoms with Gasteiger partial charge in [-0.1, -0.05) is 18.5 Å². The van der Waals surface area contributed by atoms with Crippen molar-refractivity contribution in [2.75, 3.05) is 52.7 Å². The van der Waals surface area contributed by atoms with E-state index in [1.807, 2.05) is 0 Å². The van der Waals surface area contributed by atoms with E-state index >= 15 is 0 Å². The molecule has 3 rings (SSSR count). The second-order valence-electron chi connectivity index (χ2n) is 9.51. The predicted octanol–water partition coefficient (Wildman–Crippen LogP) is 3.56. The molecule has 1 amide bonds. The predicted molar refractivity (Wildman–Crippen MR) is 143 cm³/mol. The number of benzene rings is 1. The SMILES string of the molecule is CCC(C)OC(=S)N1CCC(CN2CC[C@@H](NC(=O)c3cc(Cl)c(N)cc3OC)[C@@H](OC)C2)CC1. The van der Waals surface area contributed by atoms with Gasteiger partial charge in [-0.2, -0.15) is 0 Å². The maximum atomic E-state index is 13.0. The average molecular weight is 527 g/mol. The van der Waals surface area contributed by atoms with Gasteiger partial charge in [0.15, 0.2) is 0 Å². The van der Waals surface area contributed by atoms with Crippen molar-refractivity contribution in [1.29, 1.82) is 0 Å². The summed E-state index contributed by atoms with van der Waals surface area (Å²) in [6.45, 7) is 8.73. The van der Waals surface area contributed by atoms with Crippen molar-refractivity contribution in [3.05, 3.63) is 22.7 Å². The molecular formula is C25H39ClN4O4S. The summed E-state index contributed by atoms with van der Waals surface area (Å²) in [5.41, 5.74) is 6.59. The van der Waals surface area contributed by atoms with Crippen molar-refractivity contribution >= 4 is 40.6 Å². The van der Waals surface area contributed by atoms with Crippen molar-refractivity contribution in [1.82, 2.24) is 15.1 Å². The summed E-state index contributed by atoms with van der Waals surface area (Å²) >= 11 is 11.6. The summed E-state index contributed by atoms with van der Waals surface area (Å²) in [4.78, 5) is 17.6. The molecule has 2 fully saturated rings. The molecule has 2 heterocycles. The number of nitrogens with two attached hydrogens (primary N) is 1. The highest BCUT2D eigenvalue weighted by molar-refractivity contribution is 7.80. The maximum Gasteiger partial charge on any atom is 0.259 e. The van der Waals surface area contributed by atoms with Crippen molar-refractivity contribution in [2.24, 2.45) is 5.92 Å². The summed E-state index contributed by atoms with van der Waals surface area (Å²) in [7, 11) is 3.21. The third-order valence-corrected chi connectivity index (χ3v) is 7.77. The standard InChI is InChI=1S/C25H39ClN4O4S/c1-5-16(2)34-25(35)30-10-6-17(7-11-30)14-29-9-8-21(23(15-29)33-4)28-24(31)18-12-19(26)20(27)13-22(18)32-3/h12-13,16-17,21,23H,5-11,14-15,27H2,1-4H3,(H,28,31)/t16?,21-,23+/m1/s1. The van der Waals surface area contributed by atoms with Gasteiger partial charge in [-0.05, 0) is 56.8 Å². The number of thiocarbonyl (C=S) groups is 1. The zero-order valence-corrected chi connectivity index (χ0v) is 22.8. The molecule has 0 spiro atoms. The first-order chi connectivity index (χ1) is 16.7. The monoisotopic (exact) mass is 526 g/mol. The van der Waals surface area contributed by atoms with Crippen molar-refractivity contribution in [3.63, 3.8) is 0 Å². The minimum absolute atomic E-state index is 0.0956. The van der Waals surface area contributed by atoms with Crippen molar-refractivity contribution in [2.45, 2.75) is 57.8 Å². The minimum Gasteiger partial charge on any atom is -0.496 e. The van der Waals surface area contributed by atoms with Gasteiger partial charge in [0.1, 0.15) is 5.75 Å². The topological polar surface area (TPSA) is 89.3 Å². The lowest BCUT2D eigenvalue weighted by atomic mass is 9.94. The Kier molecular flexibility index (Phi) is 10.3. The molecule has 0 bridgehead atoms. The summed E-state index contributed by atoms with van der Waals surface area (Å²) in [6, 6.07) is 3.03. The molecule has 0 aliphatic carbocycles. The molecular weight excluding hydrogens is 488 g/mol. The fourth-order valence-corrected chi connectivity index (χ4v) is 5.22. The number of amides is 1. The Morgan fingerprint density at radius 3 is 2.60 bits per heavy atom. The molecule has 2 aliphatic rings. The summed E-state index contributed by atoms with van der Waals surface area (Å²) in [6.07, 6.45) is 4.01. The molecule has 0 aromatic heterocycles. The molecule has 0 saturated carbocycles. The first kappa shape index (κ1) is 27.8. The number of nitrogen functional groups attached to an aromatic ring is 1. The number of piperidine rings is 2. The molecule has 1 aromatic rings. The molecule has 3 N–H and O–H groups in total. The van der Waals surface area contributed by atoms with Gasteiger partial charge in [0.2, 0.25) is 0 Å². The Hall–Kier alpha value is -1.81. The highest BCUT2D eigenvalue weighted by Gasteiger charge is 2.33. The van der Waals surface area contributed by atoms with E-state index in [-0.39, 0.29) is 24.2 Å². The van der Waals surface area contributed by atoms with Gasteiger partial charge in [-0.15, -0.1) is 0 Å². The van der Waals surface area contributed by atoms with Gasteiger partial charge in [0.05, 0.1) is 41.6 Å². The lowest BCUT2D eigenvalue weighted by molar-refractivity contribution is -0.000642. The van der Waals surface area contributed by atoms with Crippen LogP contribution in [0.15, 0.2) is 12.1 Å². The number of ether oxygens (including phenoxy) is 3. The first-order valence-electron chi connectivity index (χ1n) is 12.4. The number of likely N-dealkylation sites (tertiary alicyclic amines) is 2. The van der Waals surface area contributed by atoms with Gasteiger partial charge in [-0.25, -0.2) is 0 Å². The quantitative estimate of drug-likeness (QED) is 0.392. The molecule has 8 nitrogen and oxygen atoms in total. The highest BCUT2D eigenvalue weighted by Crippen LogP contribution is 2.29. The smallest absolute Gasteiger partial charge is 0.259 e. The molecule has 0 radical (unpaired) electrons. The van der Waals surface area contributed by atoms with Crippen LogP contribution < -0.4 is 15.8 Å². The zero-order chi connectivity index (χ0) is 25.5. The Balaban J connectivity index is 1.50. The van der Waals surface area contributed by atoms with E-state index in [0.717, 1.165) is 58.4 Å². The number of nitrogens with zero attached hydrogens (tertiary/aromatic N) is 2. The van der Waals surface area contributed by atoms with Gasteiger partial charge in [0.25, 0.3) is 11.1 Å². The number of carbonyl (C=O) groups excluding carboxylic acids is 1. The fraction of sp³-hybridized carbons (Fsp3) is 0.680. The second-order valence-corrected chi connectivity index (χ2v) is 10.3. The van der Waals surface area contributed by atoms with Crippen LogP contribution >= 0.6 is 23.8 Å². The van der Waals surface area contributed by atoms with E-state index < -0.39 is 0 Å². The number of hydrogen-bond acceptors (Lipinski definition) is 7. The van der Waals surface area contributed by atoms with Crippen LogP contribution in [-0.2, 0) is 9.47 Å². The molecule has 2 saturated heterocycles. The van der Waals surface area contributed by atoms with Gasteiger partial charge < -0.3 is 35.1 Å². The number of nitrogens with one attached hydrogen (secondary N) is 1. The van der Waals surface area contributed by atoms with Crippen LogP contribution in [0.25, 0.3) is 0 Å². The first-order valence-corrected chi connectivity index (χ1v) is 13.2. The van der Waals surface area contributed by atoms with Crippen LogP contribution in [0.4, 0.5) is 5.69 Å². The number of anilines is 1. The van der Waals surface area contributed by atoms with E-state index in [9.17, 15) is 4.79 Å². The van der Waals surface area contributed by atoms with E-state index in [2.05, 4.69) is 29.0 Å². The second kappa shape index (κ2) is 12.9. The van der Waals surface area contributed by atoms with Gasteiger partial charge in [-0.3, -0.25) is 4.79 Å². The molecule has 10 heteroatoms. The highest BCUT2D eigenvalue weighted by atomic mass is 35.5. The van der Waals surface area contributed by atoms with Crippen LogP contribution in [-0.4, -0.2) is 86.1 Å². The van der Waals surface area contributed by atoms with Crippen molar-refractivity contribution < 1.29 is 19.0 Å². The lowest BCUT2D eigenvalue weighted by Crippen LogP contribution is -2.55. The Labute approximate surface area is 219 Å². The summed E-state index contributed by atoms with van der Waals surface area (Å²) < 4.78 is 16.9. The lowest BCUT2D eigenvalue weighted by Gasteiger charge is -2.41. The largest absolute Gasteiger partial charge is 0.496 e. The molecule has 2 aliphatic heterocycles. The normalized spacial score (nSPS) is 22.5. The van der Waals surface area contributed by atoms with Crippen molar-refractivity contribution in [3.8, 4) is 5.75 Å². The molecule has 196 valence electrons. The van der Waals surface area contributed by atoms with E-state index in [1.165, 1.54) is 7.11 Å². The summed E-state index contributed by atoms with van der Waals surface area (Å²) in [5.74, 6) is 0.769. The minimum atomic E-state index is -0.243. The van der Waals surface area contributed by atoms with Crippen LogP contribution in [0.3, 0.4) is 0 Å². The number of halogens is 1. The molecule has 1 aromatic carbocycles.